The number of rotatable bonds is 12. The summed E-state index contributed by atoms with van der Waals surface area (Å²) in [4.78, 5) is 58.8. The number of nitrogens with two attached hydrogens (primary N) is 1. The minimum atomic E-state index is -1.38. The van der Waals surface area contributed by atoms with Crippen LogP contribution in [0.5, 0.6) is 5.75 Å². The molecule has 3 amide bonds. The normalized spacial score (nSPS) is 14.3. The number of hydrogen-bond donors (Lipinski definition) is 8. The molecule has 0 heterocycles. The Labute approximate surface area is 189 Å². The number of aliphatic carboxylic acids is 2. The molecule has 0 aliphatic heterocycles. The van der Waals surface area contributed by atoms with Crippen molar-refractivity contribution in [1.29, 1.82) is 0 Å². The number of carbonyl (C=O) groups excluding carboxylic acids is 3. The van der Waals surface area contributed by atoms with E-state index in [2.05, 4.69) is 28.6 Å². The summed E-state index contributed by atoms with van der Waals surface area (Å²) in [5.41, 5.74) is 6.00. The van der Waals surface area contributed by atoms with Crippen molar-refractivity contribution in [2.24, 2.45) is 5.73 Å². The SMILES string of the molecule is CC(NC(=O)C(CS)NC(=O)C(N)CC(=O)O)C(=O)NC(Cc1ccc(O)cc1)C(=O)O. The second-order valence-electron chi connectivity index (χ2n) is 6.95. The Morgan fingerprint density at radius 1 is 0.938 bits per heavy atom. The van der Waals surface area contributed by atoms with Crippen molar-refractivity contribution >= 4 is 42.3 Å². The van der Waals surface area contributed by atoms with Gasteiger partial charge in [0, 0.05) is 12.2 Å². The second kappa shape index (κ2) is 12.5. The number of carbonyl (C=O) groups is 5. The highest BCUT2D eigenvalue weighted by atomic mass is 32.1. The van der Waals surface area contributed by atoms with Crippen LogP contribution in [0.4, 0.5) is 0 Å². The zero-order chi connectivity index (χ0) is 24.4. The van der Waals surface area contributed by atoms with Crippen LogP contribution in [0.25, 0.3) is 0 Å². The molecule has 0 aliphatic carbocycles. The number of carboxylic acid groups (broad SMARTS) is 2. The molecule has 32 heavy (non-hydrogen) atoms. The summed E-state index contributed by atoms with van der Waals surface area (Å²) in [5, 5.41) is 34.3. The van der Waals surface area contributed by atoms with E-state index >= 15 is 0 Å². The van der Waals surface area contributed by atoms with Gasteiger partial charge in [-0.25, -0.2) is 4.79 Å². The van der Waals surface area contributed by atoms with E-state index in [4.69, 9.17) is 10.8 Å². The van der Waals surface area contributed by atoms with Gasteiger partial charge in [0.25, 0.3) is 0 Å². The van der Waals surface area contributed by atoms with Gasteiger partial charge in [-0.1, -0.05) is 12.1 Å². The van der Waals surface area contributed by atoms with Crippen LogP contribution in [0.1, 0.15) is 18.9 Å². The maximum atomic E-state index is 12.4. The number of phenols is 1. The minimum Gasteiger partial charge on any atom is -0.508 e. The molecular formula is C19H26N4O8S. The molecule has 0 bridgehead atoms. The van der Waals surface area contributed by atoms with Crippen LogP contribution in [0, 0.1) is 0 Å². The average molecular weight is 471 g/mol. The van der Waals surface area contributed by atoms with Crippen LogP contribution < -0.4 is 21.7 Å². The van der Waals surface area contributed by atoms with E-state index in [1.165, 1.54) is 31.2 Å². The Morgan fingerprint density at radius 3 is 2.00 bits per heavy atom. The average Bonchev–Trinajstić information content (AvgIpc) is 2.71. The maximum absolute atomic E-state index is 12.4. The van der Waals surface area contributed by atoms with Gasteiger partial charge in [-0.05, 0) is 24.6 Å². The summed E-state index contributed by atoms with van der Waals surface area (Å²) < 4.78 is 0. The molecule has 0 fully saturated rings. The minimum absolute atomic E-state index is 0.00995. The van der Waals surface area contributed by atoms with E-state index in [9.17, 15) is 34.2 Å². The lowest BCUT2D eigenvalue weighted by molar-refractivity contribution is -0.142. The fraction of sp³-hybridized carbons (Fsp3) is 0.421. The zero-order valence-electron chi connectivity index (χ0n) is 17.1. The van der Waals surface area contributed by atoms with E-state index in [0.29, 0.717) is 5.56 Å². The van der Waals surface area contributed by atoms with E-state index in [-0.39, 0.29) is 17.9 Å². The van der Waals surface area contributed by atoms with Gasteiger partial charge in [-0.3, -0.25) is 19.2 Å². The first-order valence-corrected chi connectivity index (χ1v) is 10.1. The van der Waals surface area contributed by atoms with Crippen molar-refractivity contribution < 1.29 is 39.3 Å². The van der Waals surface area contributed by atoms with Crippen molar-refractivity contribution in [3.05, 3.63) is 29.8 Å². The first kappa shape index (κ1) is 26.7. The van der Waals surface area contributed by atoms with Crippen molar-refractivity contribution in [2.75, 3.05) is 5.75 Å². The third-order valence-electron chi connectivity index (χ3n) is 4.29. The molecule has 8 N–H and O–H groups in total. The largest absolute Gasteiger partial charge is 0.508 e. The molecule has 0 saturated heterocycles. The lowest BCUT2D eigenvalue weighted by Gasteiger charge is -2.22. The fourth-order valence-electron chi connectivity index (χ4n) is 2.50. The van der Waals surface area contributed by atoms with Gasteiger partial charge in [0.1, 0.15) is 23.9 Å². The molecule has 0 aliphatic rings. The molecule has 4 atom stereocenters. The number of phenolic OH excluding ortho intramolecular Hbond substituents is 1. The van der Waals surface area contributed by atoms with Crippen LogP contribution in [0.15, 0.2) is 24.3 Å². The molecule has 176 valence electrons. The Hall–Kier alpha value is -3.32. The van der Waals surface area contributed by atoms with Gasteiger partial charge in [0.2, 0.25) is 17.7 Å². The smallest absolute Gasteiger partial charge is 0.326 e. The Bertz CT molecular complexity index is 848. The van der Waals surface area contributed by atoms with Gasteiger partial charge in [-0.2, -0.15) is 12.6 Å². The number of carboxylic acids is 2. The summed E-state index contributed by atoms with van der Waals surface area (Å²) >= 11 is 3.96. The molecule has 13 heteroatoms. The summed E-state index contributed by atoms with van der Waals surface area (Å²) in [6.07, 6.45) is -0.692. The number of hydrogen-bond acceptors (Lipinski definition) is 8. The second-order valence-corrected chi connectivity index (χ2v) is 7.31. The van der Waals surface area contributed by atoms with E-state index < -0.39 is 60.2 Å². The van der Waals surface area contributed by atoms with Gasteiger partial charge >= 0.3 is 11.9 Å². The first-order valence-electron chi connectivity index (χ1n) is 9.44. The molecule has 0 saturated carbocycles. The third kappa shape index (κ3) is 8.81. The van der Waals surface area contributed by atoms with Crippen LogP contribution in [-0.2, 0) is 30.4 Å². The van der Waals surface area contributed by atoms with Gasteiger partial charge in [0.15, 0.2) is 0 Å². The molecule has 0 aromatic heterocycles. The van der Waals surface area contributed by atoms with E-state index in [1.807, 2.05) is 0 Å². The summed E-state index contributed by atoms with van der Waals surface area (Å²) in [7, 11) is 0. The van der Waals surface area contributed by atoms with Crippen molar-refractivity contribution in [2.45, 2.75) is 43.9 Å². The van der Waals surface area contributed by atoms with Crippen LogP contribution in [0.2, 0.25) is 0 Å². The van der Waals surface area contributed by atoms with Gasteiger partial charge < -0.3 is 37.0 Å². The van der Waals surface area contributed by atoms with Crippen LogP contribution in [0.3, 0.4) is 0 Å². The highest BCUT2D eigenvalue weighted by Gasteiger charge is 2.28. The van der Waals surface area contributed by atoms with Crippen LogP contribution >= 0.6 is 12.6 Å². The highest BCUT2D eigenvalue weighted by Crippen LogP contribution is 2.11. The van der Waals surface area contributed by atoms with Crippen molar-refractivity contribution in [3.63, 3.8) is 0 Å². The third-order valence-corrected chi connectivity index (χ3v) is 4.65. The zero-order valence-corrected chi connectivity index (χ0v) is 18.0. The molecule has 12 nitrogen and oxygen atoms in total. The van der Waals surface area contributed by atoms with E-state index in [0.717, 1.165) is 0 Å². The summed E-state index contributed by atoms with van der Waals surface area (Å²) in [6.45, 7) is 1.32. The number of aromatic hydroxyl groups is 1. The van der Waals surface area contributed by atoms with Crippen molar-refractivity contribution in [1.82, 2.24) is 16.0 Å². The predicted molar refractivity (Wildman–Crippen MR) is 115 cm³/mol. The quantitative estimate of drug-likeness (QED) is 0.162. The summed E-state index contributed by atoms with van der Waals surface area (Å²) in [5.74, 6) is -5.18. The van der Waals surface area contributed by atoms with Gasteiger partial charge in [-0.15, -0.1) is 0 Å². The molecule has 1 aromatic carbocycles. The van der Waals surface area contributed by atoms with Crippen LogP contribution in [-0.4, -0.2) is 74.9 Å². The predicted octanol–water partition coefficient (Wildman–Crippen LogP) is -1.77. The van der Waals surface area contributed by atoms with Crippen molar-refractivity contribution in [3.8, 4) is 5.75 Å². The molecule has 0 spiro atoms. The number of thiol groups is 1. The highest BCUT2D eigenvalue weighted by molar-refractivity contribution is 7.80. The first-order chi connectivity index (χ1) is 14.9. The monoisotopic (exact) mass is 470 g/mol. The topological polar surface area (TPSA) is 208 Å². The molecule has 1 aromatic rings. The lowest BCUT2D eigenvalue weighted by atomic mass is 10.1. The van der Waals surface area contributed by atoms with E-state index in [1.54, 1.807) is 0 Å². The Balaban J connectivity index is 2.69. The standard InChI is InChI=1S/C19H26N4O8S/c1-9(21-18(29)14(8-32)23-17(28)12(20)7-15(25)26)16(27)22-13(19(30)31)6-10-2-4-11(24)5-3-10/h2-5,9,12-14,24,32H,6-8,20H2,1H3,(H,21,29)(H,22,27)(H,23,28)(H,25,26)(H,30,31). The molecular weight excluding hydrogens is 444 g/mol. The van der Waals surface area contributed by atoms with Gasteiger partial charge in [0.05, 0.1) is 12.5 Å². The number of benzene rings is 1. The number of nitrogens with one attached hydrogen (secondary N) is 3. The lowest BCUT2D eigenvalue weighted by Crippen LogP contribution is -2.57. The Kier molecular flexibility index (Phi) is 10.4. The fourth-order valence-corrected chi connectivity index (χ4v) is 2.75. The maximum Gasteiger partial charge on any atom is 0.326 e. The Morgan fingerprint density at radius 2 is 1.50 bits per heavy atom. The summed E-state index contributed by atoms with van der Waals surface area (Å²) in [6, 6.07) is 0.764. The number of amides is 3. The molecule has 0 radical (unpaired) electrons. The molecule has 1 rings (SSSR count). The molecule has 4 unspecified atom stereocenters.